The van der Waals surface area contributed by atoms with E-state index in [-0.39, 0.29) is 11.4 Å². The number of halogens is 3. The molecule has 0 bridgehead atoms. The molecule has 0 aromatic carbocycles. The minimum Gasteiger partial charge on any atom is -0.475 e. The van der Waals surface area contributed by atoms with E-state index in [4.69, 9.17) is 9.90 Å². The van der Waals surface area contributed by atoms with Gasteiger partial charge in [-0.15, -0.1) is 0 Å². The Morgan fingerprint density at radius 2 is 1.96 bits per heavy atom. The van der Waals surface area contributed by atoms with E-state index < -0.39 is 12.1 Å². The summed E-state index contributed by atoms with van der Waals surface area (Å²) in [5, 5.41) is 13.5. The highest BCUT2D eigenvalue weighted by Gasteiger charge is 2.58. The van der Waals surface area contributed by atoms with Gasteiger partial charge < -0.3 is 10.0 Å². The molecule has 1 saturated carbocycles. The summed E-state index contributed by atoms with van der Waals surface area (Å²) in [5.41, 5.74) is 1.15. The molecule has 1 N–H and O–H groups in total. The van der Waals surface area contributed by atoms with Crippen LogP contribution < -0.4 is 0 Å². The number of aliphatic carboxylic acids is 1. The maximum atomic E-state index is 12.0. The molecule has 1 spiro atoms. The Morgan fingerprint density at radius 1 is 1.35 bits per heavy atom. The smallest absolute Gasteiger partial charge is 0.475 e. The average Bonchev–Trinajstić information content (AvgIpc) is 3.15. The van der Waals surface area contributed by atoms with Crippen LogP contribution in [0.25, 0.3) is 0 Å². The monoisotopic (exact) mass is 377 g/mol. The number of nitrogens with zero attached hydrogens (tertiary/aromatic N) is 3. The number of carboxylic acids is 1. The highest BCUT2D eigenvalue weighted by molar-refractivity contribution is 5.88. The van der Waals surface area contributed by atoms with Crippen LogP contribution in [0.2, 0.25) is 0 Å². The van der Waals surface area contributed by atoms with Crippen molar-refractivity contribution in [3.8, 4) is 0 Å². The van der Waals surface area contributed by atoms with E-state index in [1.165, 1.54) is 25.9 Å². The SMILES string of the molecule is CCCN1CC2CCC3(CC(C)=NN3C(C)=O)C2C1.O=C(O)C(F)(F)F. The molecule has 3 rings (SSSR count). The van der Waals surface area contributed by atoms with E-state index in [0.717, 1.165) is 31.0 Å². The van der Waals surface area contributed by atoms with Crippen LogP contribution in [0.5, 0.6) is 0 Å². The number of alkyl halides is 3. The fraction of sp³-hybridized carbons (Fsp3) is 0.824. The van der Waals surface area contributed by atoms with Gasteiger partial charge in [-0.25, -0.2) is 9.80 Å². The topological polar surface area (TPSA) is 73.2 Å². The predicted molar refractivity (Wildman–Crippen MR) is 89.6 cm³/mol. The maximum Gasteiger partial charge on any atom is 0.490 e. The number of hydrazone groups is 1. The van der Waals surface area contributed by atoms with E-state index in [2.05, 4.69) is 23.8 Å². The molecule has 26 heavy (non-hydrogen) atoms. The third-order valence-electron chi connectivity index (χ3n) is 5.49. The van der Waals surface area contributed by atoms with Crippen molar-refractivity contribution in [1.82, 2.24) is 9.91 Å². The minimum absolute atomic E-state index is 0.0169. The summed E-state index contributed by atoms with van der Waals surface area (Å²) in [6, 6.07) is 0. The highest BCUT2D eigenvalue weighted by Crippen LogP contribution is 2.52. The lowest BCUT2D eigenvalue weighted by molar-refractivity contribution is -0.192. The van der Waals surface area contributed by atoms with Gasteiger partial charge in [0.1, 0.15) is 0 Å². The number of hydrogen-bond donors (Lipinski definition) is 1. The van der Waals surface area contributed by atoms with Crippen LogP contribution in [0.15, 0.2) is 5.10 Å². The summed E-state index contributed by atoms with van der Waals surface area (Å²) in [4.78, 5) is 23.4. The molecule has 0 radical (unpaired) electrons. The first-order valence-electron chi connectivity index (χ1n) is 8.88. The first kappa shape index (κ1) is 20.7. The van der Waals surface area contributed by atoms with E-state index in [0.29, 0.717) is 5.92 Å². The van der Waals surface area contributed by atoms with Gasteiger partial charge in [-0.3, -0.25) is 4.79 Å². The number of rotatable bonds is 2. The summed E-state index contributed by atoms with van der Waals surface area (Å²) in [7, 11) is 0. The van der Waals surface area contributed by atoms with Gasteiger partial charge in [0, 0.05) is 38.1 Å². The van der Waals surface area contributed by atoms with Crippen LogP contribution in [-0.4, -0.2) is 64.0 Å². The fourth-order valence-corrected chi connectivity index (χ4v) is 4.67. The summed E-state index contributed by atoms with van der Waals surface area (Å²) in [5.74, 6) is -1.24. The number of likely N-dealkylation sites (tertiary alicyclic amines) is 1. The second-order valence-corrected chi connectivity index (χ2v) is 7.41. The van der Waals surface area contributed by atoms with Gasteiger partial charge in [0.15, 0.2) is 0 Å². The molecule has 2 fully saturated rings. The molecule has 3 atom stereocenters. The molecule has 148 valence electrons. The third-order valence-corrected chi connectivity index (χ3v) is 5.49. The second kappa shape index (κ2) is 7.54. The molecular formula is C17H26F3N3O3. The standard InChI is InChI=1S/C15H25N3O.C2HF3O2/c1-4-7-17-9-13-5-6-15(14(13)10-17)8-11(2)16-18(15)12(3)19;3-2(4,5)1(6)7/h13-14H,4-10H2,1-3H3;(H,6,7). The quantitative estimate of drug-likeness (QED) is 0.803. The third kappa shape index (κ3) is 4.02. The minimum atomic E-state index is -5.08. The van der Waals surface area contributed by atoms with Crippen LogP contribution in [0.3, 0.4) is 0 Å². The number of carboxylic acid groups (broad SMARTS) is 1. The zero-order valence-electron chi connectivity index (χ0n) is 15.3. The lowest BCUT2D eigenvalue weighted by Gasteiger charge is -2.37. The van der Waals surface area contributed by atoms with Crippen molar-refractivity contribution in [2.75, 3.05) is 19.6 Å². The molecule has 0 aromatic heterocycles. The Hall–Kier alpha value is -1.64. The van der Waals surface area contributed by atoms with Crippen molar-refractivity contribution in [2.45, 2.75) is 58.2 Å². The van der Waals surface area contributed by atoms with E-state index in [1.54, 1.807) is 6.92 Å². The van der Waals surface area contributed by atoms with E-state index in [1.807, 2.05) is 5.01 Å². The number of carbonyl (C=O) groups is 2. The molecule has 2 aliphatic heterocycles. The first-order valence-corrected chi connectivity index (χ1v) is 8.88. The largest absolute Gasteiger partial charge is 0.490 e. The van der Waals surface area contributed by atoms with Gasteiger partial charge in [-0.2, -0.15) is 18.3 Å². The normalized spacial score (nSPS) is 30.8. The summed E-state index contributed by atoms with van der Waals surface area (Å²) in [6.45, 7) is 9.56. The van der Waals surface area contributed by atoms with E-state index >= 15 is 0 Å². The molecule has 1 aliphatic carbocycles. The molecule has 1 amide bonds. The van der Waals surface area contributed by atoms with Crippen molar-refractivity contribution < 1.29 is 27.9 Å². The summed E-state index contributed by atoms with van der Waals surface area (Å²) < 4.78 is 31.7. The van der Waals surface area contributed by atoms with Crippen LogP contribution in [-0.2, 0) is 9.59 Å². The Kier molecular flexibility index (Phi) is 5.99. The van der Waals surface area contributed by atoms with Gasteiger partial charge >= 0.3 is 12.1 Å². The second-order valence-electron chi connectivity index (χ2n) is 7.41. The molecule has 0 aromatic rings. The molecule has 9 heteroatoms. The summed E-state index contributed by atoms with van der Waals surface area (Å²) >= 11 is 0. The lowest BCUT2D eigenvalue weighted by Crippen LogP contribution is -2.50. The number of hydrogen-bond acceptors (Lipinski definition) is 4. The van der Waals surface area contributed by atoms with Crippen molar-refractivity contribution >= 4 is 17.6 Å². The average molecular weight is 377 g/mol. The van der Waals surface area contributed by atoms with Crippen molar-refractivity contribution in [2.24, 2.45) is 16.9 Å². The molecule has 3 unspecified atom stereocenters. The lowest BCUT2D eigenvalue weighted by atomic mass is 9.81. The Balaban J connectivity index is 0.000000298. The number of amides is 1. The number of carbonyl (C=O) groups excluding carboxylic acids is 1. The highest BCUT2D eigenvalue weighted by atomic mass is 19.4. The zero-order chi connectivity index (χ0) is 19.7. The molecule has 1 saturated heterocycles. The van der Waals surface area contributed by atoms with E-state index in [9.17, 15) is 18.0 Å². The molecule has 6 nitrogen and oxygen atoms in total. The van der Waals surface area contributed by atoms with Gasteiger partial charge in [-0.1, -0.05) is 6.92 Å². The molecule has 2 heterocycles. The van der Waals surface area contributed by atoms with Gasteiger partial charge in [0.2, 0.25) is 5.91 Å². The molecular weight excluding hydrogens is 351 g/mol. The van der Waals surface area contributed by atoms with Gasteiger partial charge in [0.25, 0.3) is 0 Å². The van der Waals surface area contributed by atoms with Crippen molar-refractivity contribution in [3.63, 3.8) is 0 Å². The van der Waals surface area contributed by atoms with Crippen LogP contribution in [0.4, 0.5) is 13.2 Å². The molecule has 3 aliphatic rings. The van der Waals surface area contributed by atoms with Crippen molar-refractivity contribution in [1.29, 1.82) is 0 Å². The van der Waals surface area contributed by atoms with Crippen LogP contribution in [0.1, 0.15) is 46.5 Å². The predicted octanol–water partition coefficient (Wildman–Crippen LogP) is 2.74. The van der Waals surface area contributed by atoms with Crippen LogP contribution >= 0.6 is 0 Å². The maximum absolute atomic E-state index is 12.0. The Bertz CT molecular complexity index is 594. The number of fused-ring (bicyclic) bond motifs is 2. The first-order chi connectivity index (χ1) is 12.0. The Labute approximate surface area is 151 Å². The van der Waals surface area contributed by atoms with Crippen molar-refractivity contribution in [3.05, 3.63) is 0 Å². The Morgan fingerprint density at radius 3 is 2.46 bits per heavy atom. The zero-order valence-corrected chi connectivity index (χ0v) is 15.3. The van der Waals surface area contributed by atoms with Gasteiger partial charge in [-0.05, 0) is 38.6 Å². The van der Waals surface area contributed by atoms with Crippen LogP contribution in [0, 0.1) is 11.8 Å². The fourth-order valence-electron chi connectivity index (χ4n) is 4.67. The van der Waals surface area contributed by atoms with Gasteiger partial charge in [0.05, 0.1) is 5.54 Å². The summed E-state index contributed by atoms with van der Waals surface area (Å²) in [6.07, 6.45) is -0.466.